The van der Waals surface area contributed by atoms with Gasteiger partial charge in [0.2, 0.25) is 0 Å². The van der Waals surface area contributed by atoms with Gasteiger partial charge in [-0.2, -0.15) is 0 Å². The van der Waals surface area contributed by atoms with E-state index in [-0.39, 0.29) is 0 Å². The number of aromatic hydroxyl groups is 2. The van der Waals surface area contributed by atoms with Crippen LogP contribution in [-0.2, 0) is 13.1 Å². The lowest BCUT2D eigenvalue weighted by Gasteiger charge is -2.19. The van der Waals surface area contributed by atoms with Crippen molar-refractivity contribution in [3.8, 4) is 11.5 Å². The Morgan fingerprint density at radius 1 is 0.643 bits per heavy atom. The zero-order valence-corrected chi connectivity index (χ0v) is 17.7. The third-order valence-electron chi connectivity index (χ3n) is 5.26. The number of hydrogen-bond donors (Lipinski definition) is 2. The fourth-order valence-corrected chi connectivity index (χ4v) is 3.21. The molecule has 0 radical (unpaired) electrons. The molecule has 0 fully saturated rings. The van der Waals surface area contributed by atoms with Crippen molar-refractivity contribution in [1.82, 2.24) is 9.80 Å². The molecule has 0 heterocycles. The summed E-state index contributed by atoms with van der Waals surface area (Å²) < 4.78 is 0. The van der Waals surface area contributed by atoms with Crippen LogP contribution in [0.5, 0.6) is 11.5 Å². The van der Waals surface area contributed by atoms with Gasteiger partial charge >= 0.3 is 0 Å². The average Bonchev–Trinajstić information content (AvgIpc) is 2.71. The Kier molecular flexibility index (Phi) is 8.55. The zero-order chi connectivity index (χ0) is 20.5. The van der Waals surface area contributed by atoms with Crippen LogP contribution in [0.25, 0.3) is 12.2 Å². The molecule has 4 heteroatoms. The average molecular weight is 383 g/mol. The highest BCUT2D eigenvalue weighted by Gasteiger charge is 2.07. The molecule has 0 bridgehead atoms. The minimum Gasteiger partial charge on any atom is -0.508 e. The van der Waals surface area contributed by atoms with Crippen molar-refractivity contribution < 1.29 is 10.2 Å². The van der Waals surface area contributed by atoms with Crippen molar-refractivity contribution in [2.45, 2.75) is 40.8 Å². The van der Waals surface area contributed by atoms with Crippen LogP contribution >= 0.6 is 0 Å². The standard InChI is InChI=1S/C24H34N2O2/c1-5-25(6-2)17-21-13-11-19(15-23(21)27)9-10-20-12-14-22(24(28)16-20)18-26(7-3)8-4/h9-16,27-28H,5-8,17-18H2,1-4H3/b10-9+. The van der Waals surface area contributed by atoms with Crippen LogP contribution in [0.4, 0.5) is 0 Å². The van der Waals surface area contributed by atoms with Gasteiger partial charge in [0, 0.05) is 24.2 Å². The number of benzene rings is 2. The van der Waals surface area contributed by atoms with Gasteiger partial charge in [-0.3, -0.25) is 9.80 Å². The second kappa shape index (κ2) is 10.9. The van der Waals surface area contributed by atoms with E-state index in [2.05, 4.69) is 37.5 Å². The minimum atomic E-state index is 0.325. The Balaban J connectivity index is 2.09. The van der Waals surface area contributed by atoms with E-state index < -0.39 is 0 Å². The van der Waals surface area contributed by atoms with E-state index in [1.54, 1.807) is 12.1 Å². The maximum atomic E-state index is 10.3. The fourth-order valence-electron chi connectivity index (χ4n) is 3.21. The molecular weight excluding hydrogens is 348 g/mol. The molecule has 2 aromatic carbocycles. The van der Waals surface area contributed by atoms with Crippen LogP contribution in [0.2, 0.25) is 0 Å². The number of phenolic OH excluding ortho intramolecular Hbond substituents is 2. The summed E-state index contributed by atoms with van der Waals surface area (Å²) in [5.74, 6) is 0.651. The Bertz CT molecular complexity index is 713. The molecule has 2 aromatic rings. The van der Waals surface area contributed by atoms with Crippen LogP contribution in [0, 0.1) is 0 Å². The van der Waals surface area contributed by atoms with Gasteiger partial charge in [0.05, 0.1) is 0 Å². The van der Waals surface area contributed by atoms with Crippen molar-refractivity contribution in [3.63, 3.8) is 0 Å². The molecule has 0 aromatic heterocycles. The molecule has 0 saturated heterocycles. The smallest absolute Gasteiger partial charge is 0.120 e. The lowest BCUT2D eigenvalue weighted by Crippen LogP contribution is -2.22. The molecule has 2 N–H and O–H groups in total. The first kappa shape index (κ1) is 22.0. The third kappa shape index (κ3) is 6.11. The summed E-state index contributed by atoms with van der Waals surface area (Å²) in [6, 6.07) is 11.6. The maximum Gasteiger partial charge on any atom is 0.120 e. The lowest BCUT2D eigenvalue weighted by atomic mass is 10.1. The summed E-state index contributed by atoms with van der Waals surface area (Å²) in [7, 11) is 0. The van der Waals surface area contributed by atoms with E-state index in [0.29, 0.717) is 11.5 Å². The SMILES string of the molecule is CCN(CC)Cc1ccc(/C=C/c2ccc(CN(CC)CC)c(O)c2)cc1O. The predicted octanol–water partition coefficient (Wildman–Crippen LogP) is 4.95. The van der Waals surface area contributed by atoms with Crippen LogP contribution < -0.4 is 0 Å². The molecule has 28 heavy (non-hydrogen) atoms. The van der Waals surface area contributed by atoms with Gasteiger partial charge in [0.15, 0.2) is 0 Å². The summed E-state index contributed by atoms with van der Waals surface area (Å²) in [6.45, 7) is 13.9. The van der Waals surface area contributed by atoms with Gasteiger partial charge in [0.25, 0.3) is 0 Å². The van der Waals surface area contributed by atoms with Crippen molar-refractivity contribution in [2.75, 3.05) is 26.2 Å². The molecule has 0 aliphatic carbocycles. The number of nitrogens with zero attached hydrogens (tertiary/aromatic N) is 2. The molecule has 0 atom stereocenters. The van der Waals surface area contributed by atoms with Crippen molar-refractivity contribution in [2.24, 2.45) is 0 Å². The van der Waals surface area contributed by atoms with Crippen molar-refractivity contribution in [3.05, 3.63) is 58.7 Å². The topological polar surface area (TPSA) is 46.9 Å². The lowest BCUT2D eigenvalue weighted by molar-refractivity contribution is 0.291. The van der Waals surface area contributed by atoms with Gasteiger partial charge in [-0.15, -0.1) is 0 Å². The summed E-state index contributed by atoms with van der Waals surface area (Å²) in [5, 5.41) is 20.7. The van der Waals surface area contributed by atoms with E-state index in [1.165, 1.54) is 0 Å². The second-order valence-electron chi connectivity index (χ2n) is 7.03. The number of rotatable bonds is 10. The van der Waals surface area contributed by atoms with E-state index in [0.717, 1.165) is 61.5 Å². The van der Waals surface area contributed by atoms with Gasteiger partial charge in [-0.05, 0) is 49.4 Å². The van der Waals surface area contributed by atoms with E-state index in [4.69, 9.17) is 0 Å². The summed E-state index contributed by atoms with van der Waals surface area (Å²) in [4.78, 5) is 4.54. The van der Waals surface area contributed by atoms with Gasteiger partial charge in [0.1, 0.15) is 11.5 Å². The summed E-state index contributed by atoms with van der Waals surface area (Å²) in [5.41, 5.74) is 3.76. The zero-order valence-electron chi connectivity index (χ0n) is 17.7. The van der Waals surface area contributed by atoms with Gasteiger partial charge in [-0.1, -0.05) is 64.1 Å². The minimum absolute atomic E-state index is 0.325. The summed E-state index contributed by atoms with van der Waals surface area (Å²) in [6.07, 6.45) is 3.92. The molecule has 0 unspecified atom stereocenters. The number of hydrogen-bond acceptors (Lipinski definition) is 4. The van der Waals surface area contributed by atoms with Gasteiger partial charge in [-0.25, -0.2) is 0 Å². The van der Waals surface area contributed by atoms with E-state index >= 15 is 0 Å². The molecule has 4 nitrogen and oxygen atoms in total. The highest BCUT2D eigenvalue weighted by molar-refractivity contribution is 5.71. The van der Waals surface area contributed by atoms with Crippen molar-refractivity contribution >= 4 is 12.2 Å². The van der Waals surface area contributed by atoms with Crippen molar-refractivity contribution in [1.29, 1.82) is 0 Å². The van der Waals surface area contributed by atoms with E-state index in [1.807, 2.05) is 36.4 Å². The largest absolute Gasteiger partial charge is 0.508 e. The third-order valence-corrected chi connectivity index (χ3v) is 5.26. The highest BCUT2D eigenvalue weighted by atomic mass is 16.3. The van der Waals surface area contributed by atoms with Gasteiger partial charge < -0.3 is 10.2 Å². The maximum absolute atomic E-state index is 10.3. The molecule has 0 saturated carbocycles. The Hall–Kier alpha value is -2.30. The quantitative estimate of drug-likeness (QED) is 0.571. The molecular formula is C24H34N2O2. The van der Waals surface area contributed by atoms with Crippen LogP contribution in [0.3, 0.4) is 0 Å². The van der Waals surface area contributed by atoms with Crippen LogP contribution in [0.1, 0.15) is 49.9 Å². The molecule has 152 valence electrons. The highest BCUT2D eigenvalue weighted by Crippen LogP contribution is 2.24. The Labute approximate surface area is 169 Å². The molecule has 0 amide bonds. The van der Waals surface area contributed by atoms with Crippen LogP contribution in [0.15, 0.2) is 36.4 Å². The molecule has 0 aliphatic heterocycles. The molecule has 0 aliphatic rings. The molecule has 0 spiro atoms. The second-order valence-corrected chi connectivity index (χ2v) is 7.03. The van der Waals surface area contributed by atoms with E-state index in [9.17, 15) is 10.2 Å². The summed E-state index contributed by atoms with van der Waals surface area (Å²) >= 11 is 0. The molecule has 2 rings (SSSR count). The first-order chi connectivity index (χ1) is 13.5. The fraction of sp³-hybridized carbons (Fsp3) is 0.417. The first-order valence-corrected chi connectivity index (χ1v) is 10.3. The Morgan fingerprint density at radius 2 is 1.00 bits per heavy atom. The van der Waals surface area contributed by atoms with Crippen LogP contribution in [-0.4, -0.2) is 46.2 Å². The first-order valence-electron chi connectivity index (χ1n) is 10.3. The monoisotopic (exact) mass is 382 g/mol. The normalized spacial score (nSPS) is 11.8. The predicted molar refractivity (Wildman–Crippen MR) is 118 cm³/mol. The number of phenols is 2. The Morgan fingerprint density at radius 3 is 1.29 bits per heavy atom.